The van der Waals surface area contributed by atoms with Crippen molar-refractivity contribution >= 4 is 18.0 Å². The van der Waals surface area contributed by atoms with Crippen LogP contribution in [0.3, 0.4) is 0 Å². The quantitative estimate of drug-likeness (QED) is 0.632. The van der Waals surface area contributed by atoms with Crippen LogP contribution >= 0.6 is 0 Å². The number of alkyl carbamates (subject to hydrolysis) is 1. The van der Waals surface area contributed by atoms with E-state index in [0.717, 1.165) is 35.1 Å². The Bertz CT molecular complexity index is 1070. The highest BCUT2D eigenvalue weighted by atomic mass is 16.5. The van der Waals surface area contributed by atoms with Gasteiger partial charge in [0.25, 0.3) is 0 Å². The zero-order chi connectivity index (χ0) is 24.5. The van der Waals surface area contributed by atoms with E-state index in [1.165, 1.54) is 7.11 Å². The van der Waals surface area contributed by atoms with Gasteiger partial charge in [0, 0.05) is 25.1 Å². The van der Waals surface area contributed by atoms with Crippen LogP contribution in [0.2, 0.25) is 0 Å². The number of hydrogen-bond donors (Lipinski definition) is 2. The minimum absolute atomic E-state index is 0.0152. The molecule has 2 aliphatic heterocycles. The smallest absolute Gasteiger partial charge is 0.407 e. The predicted octanol–water partition coefficient (Wildman–Crippen LogP) is 3.39. The lowest BCUT2D eigenvalue weighted by Crippen LogP contribution is -2.56. The molecule has 0 aromatic heterocycles. The molecule has 35 heavy (non-hydrogen) atoms. The summed E-state index contributed by atoms with van der Waals surface area (Å²) in [6.07, 6.45) is 1.79. The van der Waals surface area contributed by atoms with Gasteiger partial charge in [-0.15, -0.1) is 0 Å². The Morgan fingerprint density at radius 3 is 2.11 bits per heavy atom. The first-order chi connectivity index (χ1) is 17.0. The monoisotopic (exact) mass is 478 g/mol. The van der Waals surface area contributed by atoms with Gasteiger partial charge in [-0.2, -0.15) is 0 Å². The number of rotatable bonds is 7. The maximum atomic E-state index is 13.4. The standard InChI is InChI=1S/C27H30N2O6/c1-34-15-24(25(30)29-17-10-11-18(29)13-16(12-17)26(31)32)28-27(33)35-14-23-21-8-4-2-6-19(21)20-7-3-5-9-22(20)23/h2-9,16-18,23-24H,10-15H2,1H3,(H,28,33)(H,31,32)/t16?,17?,18?,24-/m0/s1. The van der Waals surface area contributed by atoms with Crippen LogP contribution in [-0.2, 0) is 19.1 Å². The number of nitrogens with one attached hydrogen (secondary N) is 1. The number of piperidine rings is 1. The number of amides is 2. The average molecular weight is 479 g/mol. The van der Waals surface area contributed by atoms with Gasteiger partial charge in [-0.1, -0.05) is 48.5 Å². The summed E-state index contributed by atoms with van der Waals surface area (Å²) in [5, 5.41) is 12.1. The molecule has 3 aliphatic rings. The summed E-state index contributed by atoms with van der Waals surface area (Å²) in [5.74, 6) is -1.54. The highest BCUT2D eigenvalue weighted by Crippen LogP contribution is 2.44. The number of carboxylic acid groups (broad SMARTS) is 1. The molecule has 0 radical (unpaired) electrons. The van der Waals surface area contributed by atoms with Gasteiger partial charge in [-0.05, 0) is 47.9 Å². The zero-order valence-corrected chi connectivity index (χ0v) is 19.7. The average Bonchev–Trinajstić information content (AvgIpc) is 3.32. The van der Waals surface area contributed by atoms with E-state index in [9.17, 15) is 19.5 Å². The Labute approximate surface area is 204 Å². The molecular weight excluding hydrogens is 448 g/mol. The van der Waals surface area contributed by atoms with Crippen LogP contribution in [0.5, 0.6) is 0 Å². The van der Waals surface area contributed by atoms with Crippen molar-refractivity contribution in [3.8, 4) is 11.1 Å². The Kier molecular flexibility index (Phi) is 6.47. The third kappa shape index (κ3) is 4.38. The van der Waals surface area contributed by atoms with Crippen molar-refractivity contribution < 1.29 is 29.0 Å². The van der Waals surface area contributed by atoms with E-state index in [4.69, 9.17) is 9.47 Å². The second-order valence-corrected chi connectivity index (χ2v) is 9.61. The number of aliphatic carboxylic acids is 1. The topological polar surface area (TPSA) is 105 Å². The molecule has 5 rings (SSSR count). The zero-order valence-electron chi connectivity index (χ0n) is 19.7. The summed E-state index contributed by atoms with van der Waals surface area (Å²) in [6, 6.07) is 15.1. The lowest BCUT2D eigenvalue weighted by atomic mass is 9.90. The highest BCUT2D eigenvalue weighted by Gasteiger charge is 2.47. The molecule has 2 N–H and O–H groups in total. The lowest BCUT2D eigenvalue weighted by molar-refractivity contribution is -0.149. The number of benzene rings is 2. The third-order valence-corrected chi connectivity index (χ3v) is 7.60. The minimum atomic E-state index is -0.889. The fourth-order valence-corrected chi connectivity index (χ4v) is 6.04. The molecular formula is C27H30N2O6. The molecule has 2 heterocycles. The number of nitrogens with zero attached hydrogens (tertiary/aromatic N) is 1. The Hall–Kier alpha value is -3.39. The summed E-state index contributed by atoms with van der Waals surface area (Å²) in [5.41, 5.74) is 4.52. The van der Waals surface area contributed by atoms with Crippen LogP contribution in [0.25, 0.3) is 11.1 Å². The normalized spacial score (nSPS) is 23.3. The molecule has 184 valence electrons. The van der Waals surface area contributed by atoms with E-state index >= 15 is 0 Å². The van der Waals surface area contributed by atoms with Crippen molar-refractivity contribution in [1.82, 2.24) is 10.2 Å². The number of carbonyl (C=O) groups is 3. The van der Waals surface area contributed by atoms with E-state index in [0.29, 0.717) is 12.8 Å². The third-order valence-electron chi connectivity index (χ3n) is 7.60. The van der Waals surface area contributed by atoms with Crippen LogP contribution in [0.4, 0.5) is 4.79 Å². The van der Waals surface area contributed by atoms with E-state index in [-0.39, 0.29) is 37.1 Å². The maximum absolute atomic E-state index is 13.4. The second-order valence-electron chi connectivity index (χ2n) is 9.61. The van der Waals surface area contributed by atoms with Gasteiger partial charge in [0.2, 0.25) is 5.91 Å². The Balaban J connectivity index is 1.24. The van der Waals surface area contributed by atoms with Crippen molar-refractivity contribution in [3.05, 3.63) is 59.7 Å². The largest absolute Gasteiger partial charge is 0.481 e. The van der Waals surface area contributed by atoms with Crippen LogP contribution < -0.4 is 5.32 Å². The molecule has 0 saturated carbocycles. The Morgan fingerprint density at radius 1 is 1.00 bits per heavy atom. The van der Waals surface area contributed by atoms with E-state index in [1.54, 1.807) is 4.90 Å². The number of hydrogen-bond acceptors (Lipinski definition) is 5. The number of fused-ring (bicyclic) bond motifs is 5. The summed E-state index contributed by atoms with van der Waals surface area (Å²) in [6.45, 7) is 0.171. The molecule has 3 atom stereocenters. The second kappa shape index (κ2) is 9.70. The number of methoxy groups -OCH3 is 1. The molecule has 8 nitrogen and oxygen atoms in total. The van der Waals surface area contributed by atoms with Crippen molar-refractivity contribution in [1.29, 1.82) is 0 Å². The fourth-order valence-electron chi connectivity index (χ4n) is 6.04. The number of carboxylic acids is 1. The SMILES string of the molecule is COC[C@H](NC(=O)OCC1c2ccccc2-c2ccccc21)C(=O)N1C2CCC1CC(C(=O)O)C2. The van der Waals surface area contributed by atoms with Crippen molar-refractivity contribution in [2.45, 2.75) is 49.7 Å². The van der Waals surface area contributed by atoms with Gasteiger partial charge in [0.15, 0.2) is 0 Å². The number of carbonyl (C=O) groups excluding carboxylic acids is 2. The summed E-state index contributed by atoms with van der Waals surface area (Å²) in [4.78, 5) is 39.4. The van der Waals surface area contributed by atoms with E-state index in [2.05, 4.69) is 29.6 Å². The van der Waals surface area contributed by atoms with E-state index in [1.807, 2.05) is 24.3 Å². The molecule has 2 fully saturated rings. The van der Waals surface area contributed by atoms with Crippen LogP contribution in [0, 0.1) is 5.92 Å². The molecule has 1 aliphatic carbocycles. The molecule has 2 amide bonds. The minimum Gasteiger partial charge on any atom is -0.481 e. The van der Waals surface area contributed by atoms with Gasteiger partial charge in [-0.25, -0.2) is 4.79 Å². The fraction of sp³-hybridized carbons (Fsp3) is 0.444. The van der Waals surface area contributed by atoms with E-state index < -0.39 is 24.0 Å². The summed E-state index contributed by atoms with van der Waals surface area (Å²) in [7, 11) is 1.48. The van der Waals surface area contributed by atoms with Crippen LogP contribution in [0.1, 0.15) is 42.7 Å². The molecule has 2 aromatic carbocycles. The van der Waals surface area contributed by atoms with Gasteiger partial charge in [0.05, 0.1) is 12.5 Å². The van der Waals surface area contributed by atoms with Crippen LogP contribution in [-0.4, -0.2) is 66.4 Å². The van der Waals surface area contributed by atoms with Gasteiger partial charge < -0.3 is 24.8 Å². The van der Waals surface area contributed by atoms with Crippen LogP contribution in [0.15, 0.2) is 48.5 Å². The lowest BCUT2D eigenvalue weighted by Gasteiger charge is -2.39. The predicted molar refractivity (Wildman–Crippen MR) is 128 cm³/mol. The van der Waals surface area contributed by atoms with Gasteiger partial charge in [0.1, 0.15) is 12.6 Å². The molecule has 2 unspecified atom stereocenters. The molecule has 0 spiro atoms. The highest BCUT2D eigenvalue weighted by molar-refractivity contribution is 5.87. The summed E-state index contributed by atoms with van der Waals surface area (Å²) < 4.78 is 10.8. The molecule has 2 bridgehead atoms. The summed E-state index contributed by atoms with van der Waals surface area (Å²) >= 11 is 0. The Morgan fingerprint density at radius 2 is 1.57 bits per heavy atom. The first kappa shape index (κ1) is 23.4. The molecule has 2 aromatic rings. The van der Waals surface area contributed by atoms with Gasteiger partial charge >= 0.3 is 12.1 Å². The van der Waals surface area contributed by atoms with Crippen molar-refractivity contribution in [2.24, 2.45) is 5.92 Å². The van der Waals surface area contributed by atoms with Gasteiger partial charge in [-0.3, -0.25) is 9.59 Å². The first-order valence-corrected chi connectivity index (χ1v) is 12.1. The molecule has 2 saturated heterocycles. The molecule has 8 heteroatoms. The van der Waals surface area contributed by atoms with Crippen molar-refractivity contribution in [3.63, 3.8) is 0 Å². The van der Waals surface area contributed by atoms with Crippen molar-refractivity contribution in [2.75, 3.05) is 20.3 Å². The maximum Gasteiger partial charge on any atom is 0.407 e. The first-order valence-electron chi connectivity index (χ1n) is 12.1. The number of ether oxygens (including phenoxy) is 2.